The highest BCUT2D eigenvalue weighted by atomic mass is 79.9. The average molecular weight is 281 g/mol. The van der Waals surface area contributed by atoms with E-state index >= 15 is 0 Å². The minimum Gasteiger partial charge on any atom is -0.314 e. The van der Waals surface area contributed by atoms with Crippen molar-refractivity contribution < 1.29 is 0 Å². The minimum absolute atomic E-state index is 0.280. The van der Waals surface area contributed by atoms with Crippen LogP contribution in [0.2, 0.25) is 0 Å². The van der Waals surface area contributed by atoms with Crippen molar-refractivity contribution in [1.29, 1.82) is 0 Å². The molecule has 0 aliphatic carbocycles. The summed E-state index contributed by atoms with van der Waals surface area (Å²) in [4.78, 5) is 25.3. The van der Waals surface area contributed by atoms with Crippen molar-refractivity contribution in [2.45, 2.75) is 6.54 Å². The van der Waals surface area contributed by atoms with E-state index in [1.165, 1.54) is 12.3 Å². The van der Waals surface area contributed by atoms with E-state index in [0.717, 1.165) is 14.6 Å². The number of benzene rings is 1. The van der Waals surface area contributed by atoms with Crippen molar-refractivity contribution in [2.24, 2.45) is 0 Å². The molecule has 0 aliphatic rings. The van der Waals surface area contributed by atoms with E-state index in [0.29, 0.717) is 0 Å². The summed E-state index contributed by atoms with van der Waals surface area (Å²) in [5.41, 5.74) is 0.212. The Morgan fingerprint density at radius 1 is 1.12 bits per heavy atom. The van der Waals surface area contributed by atoms with Gasteiger partial charge in [0.05, 0.1) is 6.54 Å². The summed E-state index contributed by atoms with van der Waals surface area (Å²) in [7, 11) is 0. The van der Waals surface area contributed by atoms with Crippen molar-refractivity contribution in [1.82, 2.24) is 9.55 Å². The van der Waals surface area contributed by atoms with Crippen LogP contribution in [0.15, 0.2) is 50.6 Å². The molecule has 0 saturated carbocycles. The van der Waals surface area contributed by atoms with Gasteiger partial charge in [-0.3, -0.25) is 9.36 Å². The van der Waals surface area contributed by atoms with Crippen LogP contribution in [0.3, 0.4) is 0 Å². The van der Waals surface area contributed by atoms with Crippen LogP contribution in [-0.2, 0) is 6.54 Å². The van der Waals surface area contributed by atoms with Crippen LogP contribution in [0.5, 0.6) is 0 Å². The highest BCUT2D eigenvalue weighted by Crippen LogP contribution is 2.10. The first-order valence-electron chi connectivity index (χ1n) is 4.70. The van der Waals surface area contributed by atoms with Crippen LogP contribution in [-0.4, -0.2) is 9.55 Å². The number of nitrogens with one attached hydrogen (secondary N) is 1. The first-order chi connectivity index (χ1) is 7.66. The summed E-state index contributed by atoms with van der Waals surface area (Å²) in [6, 6.07) is 8.81. The van der Waals surface area contributed by atoms with Gasteiger partial charge in [-0.1, -0.05) is 28.1 Å². The first kappa shape index (κ1) is 10.9. The Bertz CT molecular complexity index is 570. The summed E-state index contributed by atoms with van der Waals surface area (Å²) < 4.78 is 2.12. The summed E-state index contributed by atoms with van der Waals surface area (Å²) in [6.07, 6.45) is 1.35. The van der Waals surface area contributed by atoms with Crippen molar-refractivity contribution in [2.75, 3.05) is 0 Å². The van der Waals surface area contributed by atoms with Crippen molar-refractivity contribution in [3.63, 3.8) is 0 Å². The summed E-state index contributed by atoms with van der Waals surface area (Å²) in [5.74, 6) is 0. The number of halogens is 1. The zero-order chi connectivity index (χ0) is 11.5. The van der Waals surface area contributed by atoms with Crippen LogP contribution in [0.4, 0.5) is 0 Å². The smallest absolute Gasteiger partial charge is 0.314 e. The fourth-order valence-electron chi connectivity index (χ4n) is 1.37. The fraction of sp³-hybridized carbons (Fsp3) is 0.0909. The SMILES string of the molecule is O=c1cc[nH]c(=O)n1Cc1ccc(Br)cc1. The molecule has 0 bridgehead atoms. The molecular formula is C11H9BrN2O2. The number of nitrogens with zero attached hydrogens (tertiary/aromatic N) is 1. The third kappa shape index (κ3) is 2.30. The molecule has 4 nitrogen and oxygen atoms in total. The summed E-state index contributed by atoms with van der Waals surface area (Å²) >= 11 is 3.32. The van der Waals surface area contributed by atoms with E-state index in [9.17, 15) is 9.59 Å². The number of aromatic amines is 1. The van der Waals surface area contributed by atoms with Gasteiger partial charge in [0.1, 0.15) is 0 Å². The van der Waals surface area contributed by atoms with E-state index in [1.54, 1.807) is 0 Å². The Morgan fingerprint density at radius 3 is 2.44 bits per heavy atom. The largest absolute Gasteiger partial charge is 0.328 e. The second-order valence-electron chi connectivity index (χ2n) is 3.33. The lowest BCUT2D eigenvalue weighted by atomic mass is 10.2. The van der Waals surface area contributed by atoms with E-state index in [2.05, 4.69) is 20.9 Å². The van der Waals surface area contributed by atoms with E-state index in [1.807, 2.05) is 24.3 Å². The van der Waals surface area contributed by atoms with Crippen molar-refractivity contribution >= 4 is 15.9 Å². The minimum atomic E-state index is -0.393. The van der Waals surface area contributed by atoms with E-state index in [-0.39, 0.29) is 12.1 Å². The van der Waals surface area contributed by atoms with Crippen LogP contribution in [0, 0.1) is 0 Å². The molecule has 0 radical (unpaired) electrons. The molecule has 2 aromatic rings. The molecule has 0 aliphatic heterocycles. The van der Waals surface area contributed by atoms with Gasteiger partial charge in [0, 0.05) is 16.7 Å². The predicted molar refractivity (Wildman–Crippen MR) is 64.6 cm³/mol. The molecule has 5 heteroatoms. The van der Waals surface area contributed by atoms with Crippen LogP contribution < -0.4 is 11.2 Å². The normalized spacial score (nSPS) is 10.3. The number of hydrogen-bond acceptors (Lipinski definition) is 2. The Labute approximate surface area is 99.7 Å². The molecule has 1 aromatic heterocycles. The zero-order valence-corrected chi connectivity index (χ0v) is 9.90. The molecule has 1 aromatic carbocycles. The number of hydrogen-bond donors (Lipinski definition) is 1. The fourth-order valence-corrected chi connectivity index (χ4v) is 1.64. The van der Waals surface area contributed by atoms with Gasteiger partial charge in [-0.05, 0) is 17.7 Å². The molecule has 0 spiro atoms. The van der Waals surface area contributed by atoms with Crippen LogP contribution in [0.1, 0.15) is 5.56 Å². The van der Waals surface area contributed by atoms with Crippen molar-refractivity contribution in [3.8, 4) is 0 Å². The van der Waals surface area contributed by atoms with Gasteiger partial charge < -0.3 is 4.98 Å². The van der Waals surface area contributed by atoms with Gasteiger partial charge in [-0.25, -0.2) is 4.79 Å². The molecule has 82 valence electrons. The third-order valence-electron chi connectivity index (χ3n) is 2.20. The summed E-state index contributed by atoms with van der Waals surface area (Å²) in [5, 5.41) is 0. The highest BCUT2D eigenvalue weighted by molar-refractivity contribution is 9.10. The second-order valence-corrected chi connectivity index (χ2v) is 4.25. The lowest BCUT2D eigenvalue weighted by Gasteiger charge is -2.03. The Balaban J connectivity index is 2.38. The summed E-state index contributed by atoms with van der Waals surface area (Å²) in [6.45, 7) is 0.280. The maximum Gasteiger partial charge on any atom is 0.328 e. The molecule has 0 unspecified atom stereocenters. The molecule has 1 N–H and O–H groups in total. The van der Waals surface area contributed by atoms with E-state index in [4.69, 9.17) is 0 Å². The Hall–Kier alpha value is -1.62. The second kappa shape index (κ2) is 4.49. The Morgan fingerprint density at radius 2 is 1.81 bits per heavy atom. The molecule has 0 amide bonds. The maximum atomic E-state index is 11.4. The molecule has 16 heavy (non-hydrogen) atoms. The van der Waals surface area contributed by atoms with Gasteiger partial charge >= 0.3 is 5.69 Å². The van der Waals surface area contributed by atoms with Crippen molar-refractivity contribution in [3.05, 3.63) is 67.4 Å². The Kier molecular flexibility index (Phi) is 3.05. The van der Waals surface area contributed by atoms with Gasteiger partial charge in [-0.15, -0.1) is 0 Å². The van der Waals surface area contributed by atoms with Gasteiger partial charge in [0.15, 0.2) is 0 Å². The number of aromatic nitrogens is 2. The topological polar surface area (TPSA) is 54.9 Å². The molecule has 0 fully saturated rings. The zero-order valence-electron chi connectivity index (χ0n) is 8.31. The number of rotatable bonds is 2. The molecular weight excluding hydrogens is 272 g/mol. The first-order valence-corrected chi connectivity index (χ1v) is 5.49. The maximum absolute atomic E-state index is 11.4. The van der Waals surface area contributed by atoms with Crippen LogP contribution in [0.25, 0.3) is 0 Å². The predicted octanol–water partition coefficient (Wildman–Crippen LogP) is 1.35. The molecule has 2 rings (SSSR count). The van der Waals surface area contributed by atoms with Gasteiger partial charge in [0.2, 0.25) is 0 Å². The lowest BCUT2D eigenvalue weighted by molar-refractivity contribution is 0.699. The third-order valence-corrected chi connectivity index (χ3v) is 2.73. The monoisotopic (exact) mass is 280 g/mol. The molecule has 0 atom stereocenters. The quantitative estimate of drug-likeness (QED) is 0.903. The van der Waals surface area contributed by atoms with Gasteiger partial charge in [0.25, 0.3) is 5.56 Å². The highest BCUT2D eigenvalue weighted by Gasteiger charge is 2.01. The standard InChI is InChI=1S/C11H9BrN2O2/c12-9-3-1-8(2-4-9)7-14-10(15)5-6-13-11(14)16/h1-6H,7H2,(H,13,16). The average Bonchev–Trinajstić information content (AvgIpc) is 2.26. The lowest BCUT2D eigenvalue weighted by Crippen LogP contribution is -2.34. The number of H-pyrrole nitrogens is 1. The molecule has 1 heterocycles. The van der Waals surface area contributed by atoms with E-state index < -0.39 is 5.69 Å². The van der Waals surface area contributed by atoms with Gasteiger partial charge in [-0.2, -0.15) is 0 Å². The molecule has 0 saturated heterocycles. The van der Waals surface area contributed by atoms with Crippen LogP contribution >= 0.6 is 15.9 Å².